The summed E-state index contributed by atoms with van der Waals surface area (Å²) in [6.45, 7) is 0. The fourth-order valence-corrected chi connectivity index (χ4v) is 1.85. The first-order chi connectivity index (χ1) is 6.79. The highest BCUT2D eigenvalue weighted by atomic mass is 79.9. The summed E-state index contributed by atoms with van der Waals surface area (Å²) in [6, 6.07) is 9.73. The van der Waals surface area contributed by atoms with Crippen LogP contribution < -0.4 is 0 Å². The van der Waals surface area contributed by atoms with Crippen LogP contribution in [0.4, 0.5) is 0 Å². The van der Waals surface area contributed by atoms with E-state index < -0.39 is 0 Å². The largest absolute Gasteiger partial charge is 0.264 e. The molecule has 3 heteroatoms. The van der Waals surface area contributed by atoms with E-state index in [1.165, 1.54) is 0 Å². The van der Waals surface area contributed by atoms with Gasteiger partial charge in [-0.2, -0.15) is 0 Å². The third kappa shape index (κ3) is 1.81. The van der Waals surface area contributed by atoms with Crippen LogP contribution in [0.2, 0.25) is 5.02 Å². The Kier molecular flexibility index (Phi) is 2.85. The smallest absolute Gasteiger partial charge is 0.0626 e. The molecular formula is C11H7BrClN. The highest BCUT2D eigenvalue weighted by Gasteiger charge is 2.05. The Morgan fingerprint density at radius 3 is 2.71 bits per heavy atom. The van der Waals surface area contributed by atoms with E-state index >= 15 is 0 Å². The summed E-state index contributed by atoms with van der Waals surface area (Å²) in [5.74, 6) is 0. The maximum absolute atomic E-state index is 6.15. The summed E-state index contributed by atoms with van der Waals surface area (Å²) in [5.41, 5.74) is 2.02. The molecule has 0 amide bonds. The third-order valence-corrected chi connectivity index (χ3v) is 3.22. The molecule has 2 aromatic rings. The molecule has 0 spiro atoms. The van der Waals surface area contributed by atoms with Crippen LogP contribution in [-0.2, 0) is 0 Å². The van der Waals surface area contributed by atoms with E-state index in [-0.39, 0.29) is 0 Å². The van der Waals surface area contributed by atoms with Gasteiger partial charge in [0, 0.05) is 28.0 Å². The Morgan fingerprint density at radius 1 is 1.14 bits per heavy atom. The molecule has 1 nitrogen and oxygen atoms in total. The summed E-state index contributed by atoms with van der Waals surface area (Å²) in [5, 5.41) is 0.723. The van der Waals surface area contributed by atoms with Gasteiger partial charge in [-0.1, -0.05) is 29.8 Å². The monoisotopic (exact) mass is 267 g/mol. The zero-order valence-corrected chi connectivity index (χ0v) is 9.59. The quantitative estimate of drug-likeness (QED) is 0.756. The topological polar surface area (TPSA) is 12.9 Å². The van der Waals surface area contributed by atoms with Gasteiger partial charge in [0.2, 0.25) is 0 Å². The molecule has 0 saturated carbocycles. The Morgan fingerprint density at radius 2 is 2.00 bits per heavy atom. The van der Waals surface area contributed by atoms with E-state index in [0.717, 1.165) is 20.6 Å². The Labute approximate surface area is 95.9 Å². The molecule has 14 heavy (non-hydrogen) atoms. The number of pyridine rings is 1. The molecule has 0 aliphatic rings. The molecule has 0 aliphatic heterocycles. The summed E-state index contributed by atoms with van der Waals surface area (Å²) >= 11 is 9.54. The highest BCUT2D eigenvalue weighted by Crippen LogP contribution is 2.32. The average molecular weight is 269 g/mol. The summed E-state index contributed by atoms with van der Waals surface area (Å²) in [6.07, 6.45) is 3.54. The molecule has 0 fully saturated rings. The minimum absolute atomic E-state index is 0.723. The van der Waals surface area contributed by atoms with Crippen molar-refractivity contribution in [1.29, 1.82) is 0 Å². The molecule has 1 aromatic heterocycles. The second-order valence-electron chi connectivity index (χ2n) is 2.84. The molecular weight excluding hydrogens is 261 g/mol. The van der Waals surface area contributed by atoms with Gasteiger partial charge in [-0.25, -0.2) is 0 Å². The van der Waals surface area contributed by atoms with E-state index in [2.05, 4.69) is 20.9 Å². The molecule has 1 aromatic carbocycles. The van der Waals surface area contributed by atoms with Crippen molar-refractivity contribution in [2.24, 2.45) is 0 Å². The van der Waals surface area contributed by atoms with Crippen molar-refractivity contribution >= 4 is 27.5 Å². The van der Waals surface area contributed by atoms with Gasteiger partial charge in [0.25, 0.3) is 0 Å². The van der Waals surface area contributed by atoms with Gasteiger partial charge in [-0.15, -0.1) is 0 Å². The van der Waals surface area contributed by atoms with Gasteiger partial charge in [-0.05, 0) is 28.1 Å². The molecule has 0 unspecified atom stereocenters. The number of nitrogens with zero attached hydrogens (tertiary/aromatic N) is 1. The Balaban J connectivity index is 2.58. The van der Waals surface area contributed by atoms with Crippen molar-refractivity contribution in [1.82, 2.24) is 4.98 Å². The van der Waals surface area contributed by atoms with Crippen LogP contribution >= 0.6 is 27.5 Å². The van der Waals surface area contributed by atoms with Crippen LogP contribution in [0.25, 0.3) is 11.1 Å². The minimum Gasteiger partial charge on any atom is -0.264 e. The van der Waals surface area contributed by atoms with Crippen LogP contribution in [0.3, 0.4) is 0 Å². The maximum atomic E-state index is 6.15. The third-order valence-electron chi connectivity index (χ3n) is 1.92. The zero-order chi connectivity index (χ0) is 9.97. The predicted octanol–water partition coefficient (Wildman–Crippen LogP) is 4.16. The number of hydrogen-bond acceptors (Lipinski definition) is 1. The molecule has 0 atom stereocenters. The van der Waals surface area contributed by atoms with E-state index in [1.807, 2.05) is 30.3 Å². The number of rotatable bonds is 1. The lowest BCUT2D eigenvalue weighted by molar-refractivity contribution is 1.33. The minimum atomic E-state index is 0.723. The second kappa shape index (κ2) is 4.11. The van der Waals surface area contributed by atoms with Gasteiger partial charge < -0.3 is 0 Å². The first-order valence-electron chi connectivity index (χ1n) is 4.13. The van der Waals surface area contributed by atoms with E-state index in [0.29, 0.717) is 0 Å². The SMILES string of the molecule is Clc1c(Br)cccc1-c1cccnc1. The number of hydrogen-bond donors (Lipinski definition) is 0. The molecule has 0 aliphatic carbocycles. The van der Waals surface area contributed by atoms with Crippen molar-refractivity contribution in [3.63, 3.8) is 0 Å². The first-order valence-corrected chi connectivity index (χ1v) is 5.30. The second-order valence-corrected chi connectivity index (χ2v) is 4.08. The van der Waals surface area contributed by atoms with Crippen LogP contribution in [-0.4, -0.2) is 4.98 Å². The molecule has 0 N–H and O–H groups in total. The fraction of sp³-hybridized carbons (Fsp3) is 0. The van der Waals surface area contributed by atoms with Crippen LogP contribution in [0, 0.1) is 0 Å². The summed E-state index contributed by atoms with van der Waals surface area (Å²) in [7, 11) is 0. The van der Waals surface area contributed by atoms with Crippen LogP contribution in [0.1, 0.15) is 0 Å². The molecule has 0 radical (unpaired) electrons. The van der Waals surface area contributed by atoms with Gasteiger partial charge >= 0.3 is 0 Å². The number of benzene rings is 1. The molecule has 2 rings (SSSR count). The molecule has 0 saturated heterocycles. The summed E-state index contributed by atoms with van der Waals surface area (Å²) in [4.78, 5) is 4.06. The Hall–Kier alpha value is -0.860. The zero-order valence-electron chi connectivity index (χ0n) is 7.24. The molecule has 0 bridgehead atoms. The van der Waals surface area contributed by atoms with Gasteiger partial charge in [-0.3, -0.25) is 4.98 Å². The van der Waals surface area contributed by atoms with Gasteiger partial charge in [0.15, 0.2) is 0 Å². The van der Waals surface area contributed by atoms with Gasteiger partial charge in [0.05, 0.1) is 5.02 Å². The van der Waals surface area contributed by atoms with E-state index in [1.54, 1.807) is 12.4 Å². The number of aromatic nitrogens is 1. The van der Waals surface area contributed by atoms with Crippen LogP contribution in [0.5, 0.6) is 0 Å². The van der Waals surface area contributed by atoms with Crippen molar-refractivity contribution in [3.8, 4) is 11.1 Å². The normalized spacial score (nSPS) is 10.1. The summed E-state index contributed by atoms with van der Waals surface area (Å²) < 4.78 is 0.903. The van der Waals surface area contributed by atoms with Crippen molar-refractivity contribution in [2.45, 2.75) is 0 Å². The van der Waals surface area contributed by atoms with Crippen molar-refractivity contribution < 1.29 is 0 Å². The fourth-order valence-electron chi connectivity index (χ4n) is 1.25. The maximum Gasteiger partial charge on any atom is 0.0626 e. The van der Waals surface area contributed by atoms with E-state index in [9.17, 15) is 0 Å². The van der Waals surface area contributed by atoms with Crippen LogP contribution in [0.15, 0.2) is 47.2 Å². The lowest BCUT2D eigenvalue weighted by Crippen LogP contribution is -1.81. The first kappa shape index (κ1) is 9.69. The lowest BCUT2D eigenvalue weighted by atomic mass is 10.1. The van der Waals surface area contributed by atoms with E-state index in [4.69, 9.17) is 11.6 Å². The predicted molar refractivity (Wildman–Crippen MR) is 62.4 cm³/mol. The molecule has 1 heterocycles. The van der Waals surface area contributed by atoms with Crippen molar-refractivity contribution in [2.75, 3.05) is 0 Å². The average Bonchev–Trinajstić information content (AvgIpc) is 2.23. The Bertz CT molecular complexity index is 442. The number of halogens is 2. The van der Waals surface area contributed by atoms with Gasteiger partial charge in [0.1, 0.15) is 0 Å². The standard InChI is InChI=1S/C11H7BrClN/c12-10-5-1-4-9(11(10)13)8-3-2-6-14-7-8/h1-7H. The molecule has 70 valence electrons. The highest BCUT2D eigenvalue weighted by molar-refractivity contribution is 9.10. The van der Waals surface area contributed by atoms with Crippen molar-refractivity contribution in [3.05, 3.63) is 52.2 Å². The lowest BCUT2D eigenvalue weighted by Gasteiger charge is -2.04.